The topological polar surface area (TPSA) is 171 Å². The van der Waals surface area contributed by atoms with Crippen molar-refractivity contribution in [1.82, 2.24) is 14.9 Å². The molecule has 1 fully saturated rings. The maximum absolute atomic E-state index is 6.90. The van der Waals surface area contributed by atoms with Gasteiger partial charge in [0.2, 0.25) is 11.6 Å². The molecule has 1 saturated heterocycles. The summed E-state index contributed by atoms with van der Waals surface area (Å²) in [5, 5.41) is 9.59. The van der Waals surface area contributed by atoms with E-state index in [0.29, 0.717) is 29.1 Å². The number of aromatic nitrogens is 2. The summed E-state index contributed by atoms with van der Waals surface area (Å²) in [4.78, 5) is 22.6. The third kappa shape index (κ3) is 3.25. The summed E-state index contributed by atoms with van der Waals surface area (Å²) in [6.07, 6.45) is 3.29. The Morgan fingerprint density at radius 2 is 1.77 bits per heavy atom. The Balaban J connectivity index is 1.92. The first-order valence-electron chi connectivity index (χ1n) is 10.5. The zero-order valence-corrected chi connectivity index (χ0v) is 17.9. The van der Waals surface area contributed by atoms with Crippen LogP contribution in [0.15, 0.2) is 9.98 Å². The second-order valence-corrected chi connectivity index (χ2v) is 7.78. The van der Waals surface area contributed by atoms with Gasteiger partial charge in [-0.15, -0.1) is 0 Å². The van der Waals surface area contributed by atoms with Crippen molar-refractivity contribution in [3.05, 3.63) is 0 Å². The summed E-state index contributed by atoms with van der Waals surface area (Å²) in [6.45, 7) is 7.31. The van der Waals surface area contributed by atoms with Crippen LogP contribution >= 0.6 is 0 Å². The van der Waals surface area contributed by atoms with Gasteiger partial charge in [0.15, 0.2) is 17.5 Å². The van der Waals surface area contributed by atoms with Crippen LogP contribution in [0.1, 0.15) is 33.1 Å². The number of likely N-dealkylation sites (tertiary alicyclic amines) is 1. The molecule has 6 aliphatic heterocycles. The molecule has 0 spiro atoms. The fourth-order valence-corrected chi connectivity index (χ4v) is 4.18. The Labute approximate surface area is 176 Å². The molecule has 1 aromatic heterocycles. The van der Waals surface area contributed by atoms with Crippen LogP contribution in [0.5, 0.6) is 0 Å². The number of piperidine rings is 1. The van der Waals surface area contributed by atoms with Gasteiger partial charge in [-0.25, -0.2) is 9.98 Å². The molecule has 0 saturated carbocycles. The number of nitrogens with one attached hydrogen (secondary N) is 3. The first kappa shape index (κ1) is 20.4. The molecule has 164 valence electrons. The van der Waals surface area contributed by atoms with Crippen molar-refractivity contribution in [1.29, 1.82) is 0 Å². The van der Waals surface area contributed by atoms with E-state index in [1.807, 2.05) is 0 Å². The van der Waals surface area contributed by atoms with Crippen LogP contribution in [0, 0.1) is 0 Å². The van der Waals surface area contributed by atoms with E-state index in [0.717, 1.165) is 39.0 Å². The summed E-state index contributed by atoms with van der Waals surface area (Å²) in [7, 11) is 1.80. The minimum atomic E-state index is -1.55. The van der Waals surface area contributed by atoms with Gasteiger partial charge in [0.25, 0.3) is 5.91 Å². The molecule has 7 heterocycles. The second kappa shape index (κ2) is 7.43. The SMILES string of the molecule is CCN(CC)c1nc2nc(NC)c1NC1(N)C(N)=NC(N)(N=C1N1CCCCC1)N2. The lowest BCUT2D eigenvalue weighted by molar-refractivity contribution is 0.320. The van der Waals surface area contributed by atoms with E-state index in [1.165, 1.54) is 6.42 Å². The Morgan fingerprint density at radius 1 is 1.07 bits per heavy atom. The molecule has 0 aliphatic carbocycles. The highest BCUT2D eigenvalue weighted by Crippen LogP contribution is 2.37. The maximum Gasteiger partial charge on any atom is 0.289 e. The number of nitrogens with zero attached hydrogens (tertiary/aromatic N) is 6. The van der Waals surface area contributed by atoms with Crippen molar-refractivity contribution >= 4 is 34.9 Å². The predicted octanol–water partition coefficient (Wildman–Crippen LogP) is -0.318. The number of aliphatic imine (C=N–C) groups is 2. The molecule has 6 aliphatic rings. The van der Waals surface area contributed by atoms with Crippen molar-refractivity contribution in [2.75, 3.05) is 54.1 Å². The smallest absolute Gasteiger partial charge is 0.289 e. The minimum absolute atomic E-state index is 0.156. The molecule has 30 heavy (non-hydrogen) atoms. The van der Waals surface area contributed by atoms with Gasteiger partial charge in [-0.05, 0) is 33.1 Å². The van der Waals surface area contributed by atoms with E-state index in [1.54, 1.807) is 7.05 Å². The molecular weight excluding hydrogens is 384 g/mol. The maximum atomic E-state index is 6.90. The lowest BCUT2D eigenvalue weighted by atomic mass is 10.0. The van der Waals surface area contributed by atoms with Crippen LogP contribution in [-0.4, -0.2) is 71.3 Å². The highest BCUT2D eigenvalue weighted by atomic mass is 15.5. The Kier molecular flexibility index (Phi) is 5.06. The predicted molar refractivity (Wildman–Crippen MR) is 121 cm³/mol. The molecular formula is C18H32N12. The summed E-state index contributed by atoms with van der Waals surface area (Å²) >= 11 is 0. The van der Waals surface area contributed by atoms with Gasteiger partial charge in [0.05, 0.1) is 0 Å². The Bertz CT molecular complexity index is 872. The van der Waals surface area contributed by atoms with Crippen LogP contribution in [0.3, 0.4) is 0 Å². The molecule has 12 heteroatoms. The standard InChI is InChI=1S/C18H32N12/c1-4-29(5-2)13-11-12(22-3)23-16(24-13)28-18(21)26-14(19)17(20,25-11)15(27-18)30-9-7-6-8-10-30/h25H,4-10,20-21H2,1-3H3,(H2,19,26)(H2,22,23,24,28). The summed E-state index contributed by atoms with van der Waals surface area (Å²) < 4.78 is 0. The number of hydrogen-bond donors (Lipinski definition) is 6. The molecule has 12 nitrogen and oxygen atoms in total. The van der Waals surface area contributed by atoms with E-state index in [9.17, 15) is 0 Å². The highest BCUT2D eigenvalue weighted by Gasteiger charge is 2.48. The molecule has 1 aromatic rings. The van der Waals surface area contributed by atoms with Crippen molar-refractivity contribution < 1.29 is 0 Å². The normalized spacial score (nSPS) is 27.7. The fourth-order valence-electron chi connectivity index (χ4n) is 4.18. The summed E-state index contributed by atoms with van der Waals surface area (Å²) in [6, 6.07) is 0. The molecule has 0 radical (unpaired) electrons. The summed E-state index contributed by atoms with van der Waals surface area (Å²) in [5.41, 5.74) is 19.1. The summed E-state index contributed by atoms with van der Waals surface area (Å²) in [5.74, 6) is 0.766. The average Bonchev–Trinajstić information content (AvgIpc) is 2.73. The Hall–Kier alpha value is -2.86. The van der Waals surface area contributed by atoms with Crippen LogP contribution < -0.4 is 38.1 Å². The van der Waals surface area contributed by atoms with Crippen LogP contribution in [0.4, 0.5) is 23.3 Å². The van der Waals surface area contributed by atoms with Gasteiger partial charge in [-0.3, -0.25) is 16.8 Å². The van der Waals surface area contributed by atoms with E-state index < -0.39 is 11.6 Å². The van der Waals surface area contributed by atoms with Crippen molar-refractivity contribution in [2.24, 2.45) is 27.2 Å². The number of anilines is 4. The fraction of sp³-hybridized carbons (Fsp3) is 0.667. The molecule has 4 bridgehead atoms. The van der Waals surface area contributed by atoms with Crippen LogP contribution in [0.25, 0.3) is 0 Å². The third-order valence-electron chi connectivity index (χ3n) is 5.79. The molecule has 2 atom stereocenters. The van der Waals surface area contributed by atoms with Crippen LogP contribution in [0.2, 0.25) is 0 Å². The van der Waals surface area contributed by atoms with E-state index >= 15 is 0 Å². The second-order valence-electron chi connectivity index (χ2n) is 7.78. The third-order valence-corrected chi connectivity index (χ3v) is 5.79. The largest absolute Gasteiger partial charge is 0.384 e. The zero-order valence-electron chi connectivity index (χ0n) is 17.9. The van der Waals surface area contributed by atoms with Gasteiger partial charge in [-0.1, -0.05) is 0 Å². The van der Waals surface area contributed by atoms with Gasteiger partial charge in [0, 0.05) is 33.2 Å². The minimum Gasteiger partial charge on any atom is -0.384 e. The monoisotopic (exact) mass is 416 g/mol. The van der Waals surface area contributed by atoms with E-state index in [-0.39, 0.29) is 5.84 Å². The van der Waals surface area contributed by atoms with Crippen molar-refractivity contribution in [2.45, 2.75) is 44.7 Å². The first-order valence-corrected chi connectivity index (χ1v) is 10.5. The number of amidine groups is 2. The van der Waals surface area contributed by atoms with E-state index in [4.69, 9.17) is 27.2 Å². The quantitative estimate of drug-likeness (QED) is 0.382. The van der Waals surface area contributed by atoms with Crippen LogP contribution in [-0.2, 0) is 0 Å². The molecule has 7 rings (SSSR count). The van der Waals surface area contributed by atoms with Crippen molar-refractivity contribution in [3.63, 3.8) is 0 Å². The average molecular weight is 417 g/mol. The zero-order chi connectivity index (χ0) is 21.5. The lowest BCUT2D eigenvalue weighted by Gasteiger charge is -2.45. The highest BCUT2D eigenvalue weighted by molar-refractivity contribution is 6.17. The van der Waals surface area contributed by atoms with Gasteiger partial charge in [0.1, 0.15) is 11.5 Å². The van der Waals surface area contributed by atoms with Gasteiger partial charge < -0.3 is 26.2 Å². The van der Waals surface area contributed by atoms with Gasteiger partial charge >= 0.3 is 0 Å². The van der Waals surface area contributed by atoms with Crippen molar-refractivity contribution in [3.8, 4) is 0 Å². The molecule has 0 amide bonds. The molecule has 0 aromatic carbocycles. The molecule has 9 N–H and O–H groups in total. The number of rotatable bonds is 4. The van der Waals surface area contributed by atoms with Gasteiger partial charge in [-0.2, -0.15) is 9.97 Å². The number of nitrogens with two attached hydrogens (primary N) is 3. The van der Waals surface area contributed by atoms with E-state index in [2.05, 4.69) is 49.6 Å². The number of hydrogen-bond acceptors (Lipinski definition) is 12. The molecule has 2 unspecified atom stereocenters. The Morgan fingerprint density at radius 3 is 2.40 bits per heavy atom. The lowest BCUT2D eigenvalue weighted by Crippen LogP contribution is -2.72. The first-order chi connectivity index (χ1) is 14.3.